The molecule has 2 heterocycles. The lowest BCUT2D eigenvalue weighted by atomic mass is 9.79. The number of rotatable bonds is 4. The van der Waals surface area contributed by atoms with Crippen LogP contribution in [0.25, 0.3) is 0 Å². The second-order valence-electron chi connectivity index (χ2n) is 5.00. The van der Waals surface area contributed by atoms with Crippen LogP contribution in [0, 0.1) is 5.92 Å². The minimum absolute atomic E-state index is 0.0834. The zero-order valence-corrected chi connectivity index (χ0v) is 11.0. The third-order valence-corrected chi connectivity index (χ3v) is 3.71. The second-order valence-corrected chi connectivity index (χ2v) is 5.00. The lowest BCUT2D eigenvalue weighted by Crippen LogP contribution is -2.41. The predicted octanol–water partition coefficient (Wildman–Crippen LogP) is 2.72. The number of pyridine rings is 1. The summed E-state index contributed by atoms with van der Waals surface area (Å²) in [7, 11) is 0. The van der Waals surface area contributed by atoms with Crippen LogP contribution in [0.5, 0.6) is 5.75 Å². The molecule has 1 atom stereocenters. The van der Waals surface area contributed by atoms with Gasteiger partial charge in [0.15, 0.2) is 0 Å². The summed E-state index contributed by atoms with van der Waals surface area (Å²) in [4.78, 5) is 4.31. The highest BCUT2D eigenvalue weighted by Crippen LogP contribution is 2.38. The van der Waals surface area contributed by atoms with Gasteiger partial charge in [-0.25, -0.2) is 0 Å². The minimum Gasteiger partial charge on any atom is -0.492 e. The van der Waals surface area contributed by atoms with E-state index in [0.717, 1.165) is 12.3 Å². The van der Waals surface area contributed by atoms with E-state index >= 15 is 0 Å². The molecule has 0 spiro atoms. The Balaban J connectivity index is 2.33. The molecule has 3 heteroatoms. The summed E-state index contributed by atoms with van der Waals surface area (Å²) in [6.45, 7) is 8.32. The van der Waals surface area contributed by atoms with E-state index in [9.17, 15) is 0 Å². The summed E-state index contributed by atoms with van der Waals surface area (Å²) in [6.07, 6.45) is 6.18. The fourth-order valence-corrected chi connectivity index (χ4v) is 2.75. The summed E-state index contributed by atoms with van der Waals surface area (Å²) in [5, 5.41) is 3.66. The maximum absolute atomic E-state index is 5.54. The molecule has 0 radical (unpaired) electrons. The minimum atomic E-state index is 0.0834. The molecule has 94 valence electrons. The molecule has 2 rings (SSSR count). The predicted molar refractivity (Wildman–Crippen MR) is 69.2 cm³/mol. The highest BCUT2D eigenvalue weighted by Gasteiger charge is 2.38. The van der Waals surface area contributed by atoms with Crippen molar-refractivity contribution in [1.82, 2.24) is 10.3 Å². The maximum Gasteiger partial charge on any atom is 0.137 e. The van der Waals surface area contributed by atoms with E-state index in [1.807, 2.05) is 13.1 Å². The molecule has 0 amide bonds. The molecule has 0 aromatic carbocycles. The molecule has 1 aromatic rings. The molecule has 1 fully saturated rings. The Hall–Kier alpha value is -1.09. The summed E-state index contributed by atoms with van der Waals surface area (Å²) < 4.78 is 5.54. The van der Waals surface area contributed by atoms with Crippen LogP contribution < -0.4 is 10.1 Å². The van der Waals surface area contributed by atoms with E-state index in [2.05, 4.69) is 30.2 Å². The molecule has 1 N–H and O–H groups in total. The van der Waals surface area contributed by atoms with E-state index in [1.165, 1.54) is 18.4 Å². The van der Waals surface area contributed by atoms with Gasteiger partial charge in [0.25, 0.3) is 0 Å². The first kappa shape index (κ1) is 12.4. The van der Waals surface area contributed by atoms with Gasteiger partial charge < -0.3 is 10.1 Å². The molecular formula is C14H22N2O. The maximum atomic E-state index is 5.54. The van der Waals surface area contributed by atoms with Gasteiger partial charge in [0.2, 0.25) is 0 Å². The quantitative estimate of drug-likeness (QED) is 0.869. The van der Waals surface area contributed by atoms with Gasteiger partial charge in [-0.1, -0.05) is 13.8 Å². The van der Waals surface area contributed by atoms with Crippen LogP contribution in [0.1, 0.15) is 39.2 Å². The van der Waals surface area contributed by atoms with E-state index in [4.69, 9.17) is 4.74 Å². The molecule has 1 saturated heterocycles. The Morgan fingerprint density at radius 3 is 2.88 bits per heavy atom. The van der Waals surface area contributed by atoms with Crippen LogP contribution in [-0.2, 0) is 5.54 Å². The van der Waals surface area contributed by atoms with Gasteiger partial charge in [0.05, 0.1) is 12.8 Å². The zero-order chi connectivity index (χ0) is 12.3. The van der Waals surface area contributed by atoms with Crippen molar-refractivity contribution >= 4 is 0 Å². The van der Waals surface area contributed by atoms with E-state index in [0.29, 0.717) is 12.5 Å². The molecule has 1 aromatic heterocycles. The second kappa shape index (κ2) is 5.05. The average Bonchev–Trinajstić information content (AvgIpc) is 2.80. The van der Waals surface area contributed by atoms with Crippen molar-refractivity contribution in [3.8, 4) is 5.75 Å². The van der Waals surface area contributed by atoms with Gasteiger partial charge in [-0.3, -0.25) is 4.98 Å². The van der Waals surface area contributed by atoms with Crippen LogP contribution in [0.4, 0.5) is 0 Å². The summed E-state index contributed by atoms with van der Waals surface area (Å²) in [6, 6.07) is 2.13. The number of nitrogens with one attached hydrogen (secondary N) is 1. The summed E-state index contributed by atoms with van der Waals surface area (Å²) >= 11 is 0. The topological polar surface area (TPSA) is 34.1 Å². The Morgan fingerprint density at radius 1 is 1.47 bits per heavy atom. The lowest BCUT2D eigenvalue weighted by Gasteiger charge is -2.34. The van der Waals surface area contributed by atoms with Gasteiger partial charge >= 0.3 is 0 Å². The third kappa shape index (κ3) is 2.29. The molecule has 1 aliphatic rings. The number of ether oxygens (including phenoxy) is 1. The van der Waals surface area contributed by atoms with Crippen LogP contribution in [0.2, 0.25) is 0 Å². The Bertz CT molecular complexity index is 370. The number of hydrogen-bond acceptors (Lipinski definition) is 3. The normalized spacial score (nSPS) is 24.2. The molecule has 3 nitrogen and oxygen atoms in total. The van der Waals surface area contributed by atoms with Crippen molar-refractivity contribution in [2.24, 2.45) is 5.92 Å². The molecule has 0 saturated carbocycles. The third-order valence-electron chi connectivity index (χ3n) is 3.71. The van der Waals surface area contributed by atoms with Crippen molar-refractivity contribution < 1.29 is 4.74 Å². The van der Waals surface area contributed by atoms with Crippen LogP contribution in [-0.4, -0.2) is 18.1 Å². The Labute approximate surface area is 104 Å². The summed E-state index contributed by atoms with van der Waals surface area (Å²) in [5.74, 6) is 1.43. The molecular weight excluding hydrogens is 212 g/mol. The van der Waals surface area contributed by atoms with Crippen LogP contribution in [0.3, 0.4) is 0 Å². The van der Waals surface area contributed by atoms with Gasteiger partial charge in [0, 0.05) is 11.7 Å². The van der Waals surface area contributed by atoms with E-state index in [-0.39, 0.29) is 5.54 Å². The SMILES string of the molecule is CCOc1cncc(C2(C(C)C)CCCN2)c1. The highest BCUT2D eigenvalue weighted by molar-refractivity contribution is 5.31. The first-order valence-corrected chi connectivity index (χ1v) is 6.52. The van der Waals surface area contributed by atoms with E-state index in [1.54, 1.807) is 6.20 Å². The molecule has 0 aliphatic carbocycles. The zero-order valence-electron chi connectivity index (χ0n) is 11.0. The largest absolute Gasteiger partial charge is 0.492 e. The first-order chi connectivity index (χ1) is 8.19. The van der Waals surface area contributed by atoms with Crippen molar-refractivity contribution in [1.29, 1.82) is 0 Å². The van der Waals surface area contributed by atoms with Crippen LogP contribution >= 0.6 is 0 Å². The molecule has 1 unspecified atom stereocenters. The molecule has 17 heavy (non-hydrogen) atoms. The summed E-state index contributed by atoms with van der Waals surface area (Å²) in [5.41, 5.74) is 1.34. The number of aromatic nitrogens is 1. The van der Waals surface area contributed by atoms with Gasteiger partial charge in [-0.15, -0.1) is 0 Å². The van der Waals surface area contributed by atoms with Gasteiger partial charge in [-0.05, 0) is 43.9 Å². The fraction of sp³-hybridized carbons (Fsp3) is 0.643. The Morgan fingerprint density at radius 2 is 2.29 bits per heavy atom. The lowest BCUT2D eigenvalue weighted by molar-refractivity contribution is 0.273. The van der Waals surface area contributed by atoms with Crippen molar-refractivity contribution in [2.75, 3.05) is 13.2 Å². The smallest absolute Gasteiger partial charge is 0.137 e. The highest BCUT2D eigenvalue weighted by atomic mass is 16.5. The average molecular weight is 234 g/mol. The monoisotopic (exact) mass is 234 g/mol. The first-order valence-electron chi connectivity index (χ1n) is 6.52. The molecule has 1 aliphatic heterocycles. The van der Waals surface area contributed by atoms with E-state index < -0.39 is 0 Å². The van der Waals surface area contributed by atoms with Crippen LogP contribution in [0.15, 0.2) is 18.5 Å². The standard InChI is InChI=1S/C14H22N2O/c1-4-17-13-8-12(9-15-10-13)14(11(2)3)6-5-7-16-14/h8-11,16H,4-7H2,1-3H3. The van der Waals surface area contributed by atoms with Crippen molar-refractivity contribution in [3.63, 3.8) is 0 Å². The Kier molecular flexibility index (Phi) is 3.67. The van der Waals surface area contributed by atoms with Crippen molar-refractivity contribution in [2.45, 2.75) is 39.2 Å². The van der Waals surface area contributed by atoms with Crippen molar-refractivity contribution in [3.05, 3.63) is 24.0 Å². The fourth-order valence-electron chi connectivity index (χ4n) is 2.75. The number of hydrogen-bond donors (Lipinski definition) is 1. The number of nitrogens with zero attached hydrogens (tertiary/aromatic N) is 1. The molecule has 0 bridgehead atoms. The van der Waals surface area contributed by atoms with Gasteiger partial charge in [0.1, 0.15) is 5.75 Å². The van der Waals surface area contributed by atoms with Gasteiger partial charge in [-0.2, -0.15) is 0 Å².